The number of nitrogens with one attached hydrogen (secondary N) is 1. The molecule has 1 heterocycles. The summed E-state index contributed by atoms with van der Waals surface area (Å²) in [6, 6.07) is 6.31. The number of rotatable bonds is 4. The molecule has 1 aromatic carbocycles. The number of likely N-dealkylation sites (tertiary alicyclic amines) is 1. The van der Waals surface area contributed by atoms with Crippen LogP contribution in [0.1, 0.15) is 35.2 Å². The Labute approximate surface area is 139 Å². The number of nitrogens with two attached hydrogens (primary N) is 1. The number of carboxylic acids is 1. The minimum Gasteiger partial charge on any atom is -0.481 e. The highest BCUT2D eigenvalue weighted by Crippen LogP contribution is 2.49. The molecule has 7 nitrogen and oxygen atoms in total. The summed E-state index contributed by atoms with van der Waals surface area (Å²) in [5.74, 6) is -0.870. The van der Waals surface area contributed by atoms with E-state index in [1.54, 1.807) is 29.2 Å². The van der Waals surface area contributed by atoms with Crippen LogP contribution in [0.2, 0.25) is 0 Å². The third-order valence-electron chi connectivity index (χ3n) is 5.25. The van der Waals surface area contributed by atoms with E-state index in [4.69, 9.17) is 5.73 Å². The number of benzene rings is 1. The number of fused-ring (bicyclic) bond motifs is 1. The van der Waals surface area contributed by atoms with E-state index in [1.807, 2.05) is 0 Å². The Kier molecular flexibility index (Phi) is 4.17. The Bertz CT molecular complexity index is 673. The molecule has 1 saturated carbocycles. The van der Waals surface area contributed by atoms with E-state index in [2.05, 4.69) is 5.32 Å². The Balaban J connectivity index is 1.69. The molecule has 24 heavy (non-hydrogen) atoms. The Morgan fingerprint density at radius 3 is 2.58 bits per heavy atom. The molecule has 1 aliphatic heterocycles. The lowest BCUT2D eigenvalue weighted by Crippen LogP contribution is -2.37. The first kappa shape index (κ1) is 16.3. The van der Waals surface area contributed by atoms with Crippen LogP contribution in [0.3, 0.4) is 0 Å². The molecule has 3 rings (SSSR count). The average Bonchev–Trinajstić information content (AvgIpc) is 3.11. The molecule has 3 amide bonds. The fourth-order valence-corrected chi connectivity index (χ4v) is 3.93. The second-order valence-electron chi connectivity index (χ2n) is 6.65. The van der Waals surface area contributed by atoms with Crippen LogP contribution < -0.4 is 11.1 Å². The number of carboxylic acid groups (broad SMARTS) is 1. The van der Waals surface area contributed by atoms with E-state index in [9.17, 15) is 19.5 Å². The van der Waals surface area contributed by atoms with E-state index >= 15 is 0 Å². The zero-order chi connectivity index (χ0) is 17.3. The molecule has 4 N–H and O–H groups in total. The van der Waals surface area contributed by atoms with Crippen LogP contribution in [0.25, 0.3) is 0 Å². The first-order valence-electron chi connectivity index (χ1n) is 8.07. The van der Waals surface area contributed by atoms with Crippen molar-refractivity contribution in [3.05, 3.63) is 35.4 Å². The van der Waals surface area contributed by atoms with Gasteiger partial charge < -0.3 is 21.1 Å². The van der Waals surface area contributed by atoms with Crippen LogP contribution in [0.4, 0.5) is 4.79 Å². The van der Waals surface area contributed by atoms with Gasteiger partial charge in [-0.25, -0.2) is 4.79 Å². The minimum absolute atomic E-state index is 0.0537. The second kappa shape index (κ2) is 6.14. The monoisotopic (exact) mass is 331 g/mol. The second-order valence-corrected chi connectivity index (χ2v) is 6.65. The maximum Gasteiger partial charge on any atom is 0.312 e. The van der Waals surface area contributed by atoms with Crippen molar-refractivity contribution in [1.82, 2.24) is 10.2 Å². The maximum atomic E-state index is 12.7. The van der Waals surface area contributed by atoms with Gasteiger partial charge in [0.2, 0.25) is 0 Å². The number of nitrogens with zero attached hydrogens (tertiary/aromatic N) is 1. The molecule has 1 aliphatic carbocycles. The highest BCUT2D eigenvalue weighted by molar-refractivity contribution is 5.95. The quantitative estimate of drug-likeness (QED) is 0.769. The molecule has 0 unspecified atom stereocenters. The van der Waals surface area contributed by atoms with Crippen molar-refractivity contribution in [2.45, 2.75) is 25.8 Å². The van der Waals surface area contributed by atoms with Crippen molar-refractivity contribution >= 4 is 17.9 Å². The number of hydrogen-bond acceptors (Lipinski definition) is 3. The lowest BCUT2D eigenvalue weighted by molar-refractivity contribution is -0.149. The van der Waals surface area contributed by atoms with Gasteiger partial charge in [0.05, 0.1) is 5.41 Å². The van der Waals surface area contributed by atoms with Crippen molar-refractivity contribution in [3.63, 3.8) is 0 Å². The predicted molar refractivity (Wildman–Crippen MR) is 86.2 cm³/mol. The van der Waals surface area contributed by atoms with Gasteiger partial charge in [-0.15, -0.1) is 0 Å². The summed E-state index contributed by atoms with van der Waals surface area (Å²) in [6.45, 7) is 1.10. The third-order valence-corrected chi connectivity index (χ3v) is 5.25. The highest BCUT2D eigenvalue weighted by Gasteiger charge is 2.55. The Morgan fingerprint density at radius 2 is 2.00 bits per heavy atom. The van der Waals surface area contributed by atoms with E-state index in [0.29, 0.717) is 25.1 Å². The van der Waals surface area contributed by atoms with Gasteiger partial charge in [0.1, 0.15) is 0 Å². The number of carbonyl (C=O) groups is 3. The van der Waals surface area contributed by atoms with Crippen LogP contribution in [0, 0.1) is 11.3 Å². The van der Waals surface area contributed by atoms with E-state index < -0.39 is 17.4 Å². The molecule has 128 valence electrons. The Morgan fingerprint density at radius 1 is 1.29 bits per heavy atom. The molecular formula is C17H21N3O4. The van der Waals surface area contributed by atoms with Crippen LogP contribution >= 0.6 is 0 Å². The molecule has 0 radical (unpaired) electrons. The third kappa shape index (κ3) is 2.81. The van der Waals surface area contributed by atoms with E-state index in [1.165, 1.54) is 0 Å². The van der Waals surface area contributed by atoms with Crippen molar-refractivity contribution in [1.29, 1.82) is 0 Å². The fourth-order valence-electron chi connectivity index (χ4n) is 3.93. The predicted octanol–water partition coefficient (Wildman–Crippen LogP) is 1.18. The first-order chi connectivity index (χ1) is 11.4. The molecule has 0 bridgehead atoms. The van der Waals surface area contributed by atoms with Gasteiger partial charge in [-0.3, -0.25) is 9.59 Å². The molecule has 0 spiro atoms. The van der Waals surface area contributed by atoms with Crippen molar-refractivity contribution < 1.29 is 19.5 Å². The zero-order valence-electron chi connectivity index (χ0n) is 13.3. The van der Waals surface area contributed by atoms with Gasteiger partial charge in [-0.1, -0.05) is 18.6 Å². The van der Waals surface area contributed by atoms with Gasteiger partial charge in [0, 0.05) is 25.2 Å². The topological polar surface area (TPSA) is 113 Å². The molecular weight excluding hydrogens is 310 g/mol. The van der Waals surface area contributed by atoms with Gasteiger partial charge in [0.15, 0.2) is 0 Å². The summed E-state index contributed by atoms with van der Waals surface area (Å²) in [6.07, 6.45) is 2.43. The summed E-state index contributed by atoms with van der Waals surface area (Å²) in [7, 11) is 0. The van der Waals surface area contributed by atoms with Crippen LogP contribution in [-0.2, 0) is 11.3 Å². The Hall–Kier alpha value is -2.57. The highest BCUT2D eigenvalue weighted by atomic mass is 16.4. The van der Waals surface area contributed by atoms with Crippen LogP contribution in [0.5, 0.6) is 0 Å². The summed E-state index contributed by atoms with van der Waals surface area (Å²) < 4.78 is 0. The lowest BCUT2D eigenvalue weighted by atomic mass is 9.81. The normalized spacial score (nSPS) is 25.3. The van der Waals surface area contributed by atoms with Gasteiger partial charge in [0.25, 0.3) is 5.91 Å². The van der Waals surface area contributed by atoms with Gasteiger partial charge >= 0.3 is 12.0 Å². The van der Waals surface area contributed by atoms with Crippen LogP contribution in [-0.4, -0.2) is 41.0 Å². The SMILES string of the molecule is NC(=O)NCc1ccc(C(=O)N2C[C@@H]3CCC[C@@]3(C(=O)O)C2)cc1. The number of aliphatic carboxylic acids is 1. The maximum absolute atomic E-state index is 12.7. The molecule has 2 aliphatic rings. The molecule has 2 atom stereocenters. The summed E-state index contributed by atoms with van der Waals surface area (Å²) in [5, 5.41) is 12.1. The van der Waals surface area contributed by atoms with Crippen LogP contribution in [0.15, 0.2) is 24.3 Å². The number of carbonyl (C=O) groups excluding carboxylic acids is 2. The smallest absolute Gasteiger partial charge is 0.312 e. The molecule has 1 aromatic rings. The zero-order valence-corrected chi connectivity index (χ0v) is 13.3. The van der Waals surface area contributed by atoms with Gasteiger partial charge in [-0.2, -0.15) is 0 Å². The fraction of sp³-hybridized carbons (Fsp3) is 0.471. The first-order valence-corrected chi connectivity index (χ1v) is 8.07. The average molecular weight is 331 g/mol. The molecule has 0 aromatic heterocycles. The number of amides is 3. The molecule has 1 saturated heterocycles. The molecule has 2 fully saturated rings. The van der Waals surface area contributed by atoms with E-state index in [-0.39, 0.29) is 18.4 Å². The number of hydrogen-bond donors (Lipinski definition) is 3. The standard InChI is InChI=1S/C17H21N3O4/c18-16(24)19-8-11-3-5-12(6-4-11)14(21)20-9-13-2-1-7-17(13,10-20)15(22)23/h3-6,13H,1-2,7-10H2,(H,22,23)(H3,18,19,24)/t13-,17+/m0/s1. The van der Waals surface area contributed by atoms with Crippen molar-refractivity contribution in [2.24, 2.45) is 17.1 Å². The number of primary amides is 1. The molecule has 7 heteroatoms. The summed E-state index contributed by atoms with van der Waals surface area (Å²) >= 11 is 0. The summed E-state index contributed by atoms with van der Waals surface area (Å²) in [5.41, 5.74) is 5.63. The van der Waals surface area contributed by atoms with E-state index in [0.717, 1.165) is 18.4 Å². The minimum atomic E-state index is -0.784. The van der Waals surface area contributed by atoms with Gasteiger partial charge in [-0.05, 0) is 36.5 Å². The largest absolute Gasteiger partial charge is 0.481 e. The van der Waals surface area contributed by atoms with Crippen molar-refractivity contribution in [3.8, 4) is 0 Å². The lowest BCUT2D eigenvalue weighted by Gasteiger charge is -2.23. The number of urea groups is 1. The van der Waals surface area contributed by atoms with Crippen molar-refractivity contribution in [2.75, 3.05) is 13.1 Å². The summed E-state index contributed by atoms with van der Waals surface area (Å²) in [4.78, 5) is 36.7.